The summed E-state index contributed by atoms with van der Waals surface area (Å²) in [6.45, 7) is 0.206. The molecule has 0 saturated carbocycles. The van der Waals surface area contributed by atoms with Crippen LogP contribution >= 0.6 is 7.82 Å². The molecule has 0 fully saturated rings. The highest BCUT2D eigenvalue weighted by molar-refractivity contribution is 7.46. The van der Waals surface area contributed by atoms with Crippen LogP contribution in [-0.4, -0.2) is 59.1 Å². The van der Waals surface area contributed by atoms with Gasteiger partial charge in [0, 0.05) is 0 Å². The summed E-state index contributed by atoms with van der Waals surface area (Å²) in [7, 11) is 0.690. The minimum Gasteiger partial charge on any atom is -0.481 e. The van der Waals surface area contributed by atoms with Crippen LogP contribution in [0.2, 0.25) is 0 Å². The molecule has 0 aliphatic carbocycles. The van der Waals surface area contributed by atoms with Gasteiger partial charge in [0.15, 0.2) is 0 Å². The van der Waals surface area contributed by atoms with E-state index in [1.807, 2.05) is 0 Å². The fourth-order valence-electron chi connectivity index (χ4n) is 1.14. The Morgan fingerprint density at radius 1 is 1.40 bits per heavy atom. The number of hydrogen-bond acceptors (Lipinski definition) is 3. The summed E-state index contributed by atoms with van der Waals surface area (Å²) in [5, 5.41) is 8.54. The third-order valence-corrected chi connectivity index (χ3v) is 2.01. The lowest BCUT2D eigenvalue weighted by Gasteiger charge is -2.28. The van der Waals surface area contributed by atoms with Crippen LogP contribution in [0, 0.1) is 0 Å². The molecular formula is C7H17NO6P+. The van der Waals surface area contributed by atoms with Crippen LogP contribution in [0.3, 0.4) is 0 Å². The number of phosphoric ester groups is 1. The van der Waals surface area contributed by atoms with E-state index in [9.17, 15) is 9.36 Å². The van der Waals surface area contributed by atoms with Gasteiger partial charge in [-0.2, -0.15) is 0 Å². The third-order valence-electron chi connectivity index (χ3n) is 1.44. The zero-order chi connectivity index (χ0) is 12.3. The highest BCUT2D eigenvalue weighted by Crippen LogP contribution is 2.38. The van der Waals surface area contributed by atoms with Gasteiger partial charge < -0.3 is 19.4 Å². The van der Waals surface area contributed by atoms with Crippen molar-refractivity contribution in [1.29, 1.82) is 0 Å². The molecule has 8 heteroatoms. The number of rotatable bonds is 6. The van der Waals surface area contributed by atoms with Crippen LogP contribution in [0.1, 0.15) is 6.42 Å². The van der Waals surface area contributed by atoms with Gasteiger partial charge >= 0.3 is 13.8 Å². The van der Waals surface area contributed by atoms with Crippen molar-refractivity contribution in [3.05, 3.63) is 0 Å². The maximum absolute atomic E-state index is 10.6. The summed E-state index contributed by atoms with van der Waals surface area (Å²) >= 11 is 0. The first-order valence-corrected chi connectivity index (χ1v) is 5.79. The topological polar surface area (TPSA) is 104 Å². The first-order valence-electron chi connectivity index (χ1n) is 4.26. The van der Waals surface area contributed by atoms with Gasteiger partial charge in [-0.15, -0.1) is 0 Å². The van der Waals surface area contributed by atoms with Crippen molar-refractivity contribution in [3.63, 3.8) is 0 Å². The zero-order valence-electron chi connectivity index (χ0n) is 8.95. The summed E-state index contributed by atoms with van der Waals surface area (Å²) in [5.41, 5.74) is 0. The monoisotopic (exact) mass is 242 g/mol. The van der Waals surface area contributed by atoms with Crippen LogP contribution in [0.25, 0.3) is 0 Å². The number of carbonyl (C=O) groups is 1. The number of aliphatic carboxylic acids is 1. The van der Waals surface area contributed by atoms with Gasteiger partial charge in [0.05, 0.1) is 27.6 Å². The van der Waals surface area contributed by atoms with Gasteiger partial charge in [-0.25, -0.2) is 4.57 Å². The fourth-order valence-corrected chi connectivity index (χ4v) is 1.66. The third kappa shape index (κ3) is 9.84. The largest absolute Gasteiger partial charge is 0.481 e. The summed E-state index contributed by atoms with van der Waals surface area (Å²) in [6.07, 6.45) is -1.43. The smallest absolute Gasteiger partial charge is 0.470 e. The van der Waals surface area contributed by atoms with E-state index in [2.05, 4.69) is 4.52 Å². The van der Waals surface area contributed by atoms with Crippen LogP contribution in [0.15, 0.2) is 0 Å². The summed E-state index contributed by atoms with van der Waals surface area (Å²) in [6, 6.07) is 0. The Morgan fingerprint density at radius 2 is 1.87 bits per heavy atom. The predicted molar refractivity (Wildman–Crippen MR) is 52.1 cm³/mol. The predicted octanol–water partition coefficient (Wildman–Crippen LogP) is -0.355. The van der Waals surface area contributed by atoms with Crippen molar-refractivity contribution in [2.45, 2.75) is 12.5 Å². The van der Waals surface area contributed by atoms with Crippen LogP contribution in [0.4, 0.5) is 0 Å². The van der Waals surface area contributed by atoms with E-state index in [0.717, 1.165) is 0 Å². The molecule has 7 nitrogen and oxygen atoms in total. The minimum absolute atomic E-state index is 0.206. The maximum atomic E-state index is 10.6. The lowest BCUT2D eigenvalue weighted by Crippen LogP contribution is -2.42. The Morgan fingerprint density at radius 3 is 2.13 bits per heavy atom. The van der Waals surface area contributed by atoms with Crippen LogP contribution in [-0.2, 0) is 13.9 Å². The molecule has 1 atom stereocenters. The van der Waals surface area contributed by atoms with Crippen molar-refractivity contribution in [3.8, 4) is 0 Å². The molecule has 0 aliphatic heterocycles. The molecule has 0 aromatic carbocycles. The Hall–Kier alpha value is -0.460. The molecule has 0 unspecified atom stereocenters. The normalized spacial score (nSPS) is 15.0. The van der Waals surface area contributed by atoms with E-state index in [0.29, 0.717) is 4.48 Å². The van der Waals surface area contributed by atoms with Crippen molar-refractivity contribution in [1.82, 2.24) is 0 Å². The molecule has 3 N–H and O–H groups in total. The second-order valence-electron chi connectivity index (χ2n) is 4.29. The molecular weight excluding hydrogens is 225 g/mol. The fraction of sp³-hybridized carbons (Fsp3) is 0.857. The SMILES string of the molecule is C[N+](C)(C)C[C@H](CC(=O)O)OP(=O)(O)O. The summed E-state index contributed by atoms with van der Waals surface area (Å²) in [4.78, 5) is 27.6. The zero-order valence-corrected chi connectivity index (χ0v) is 9.85. The number of phosphoric acid groups is 1. The van der Waals surface area contributed by atoms with Gasteiger partial charge in [-0.3, -0.25) is 9.32 Å². The lowest BCUT2D eigenvalue weighted by molar-refractivity contribution is -0.873. The van der Waals surface area contributed by atoms with Crippen molar-refractivity contribution in [2.24, 2.45) is 0 Å². The maximum Gasteiger partial charge on any atom is 0.470 e. The molecule has 0 rings (SSSR count). The molecule has 0 amide bonds. The Kier molecular flexibility index (Phi) is 4.89. The van der Waals surface area contributed by atoms with Gasteiger partial charge in [-0.05, 0) is 0 Å². The molecule has 0 aromatic heterocycles. The van der Waals surface area contributed by atoms with E-state index in [1.54, 1.807) is 21.1 Å². The summed E-state index contributed by atoms with van der Waals surface area (Å²) < 4.78 is 15.3. The quantitative estimate of drug-likeness (QED) is 0.434. The first kappa shape index (κ1) is 14.5. The second kappa shape index (κ2) is 5.05. The number of quaternary nitrogens is 1. The van der Waals surface area contributed by atoms with E-state index in [1.165, 1.54) is 0 Å². The molecule has 0 spiro atoms. The highest BCUT2D eigenvalue weighted by atomic mass is 31.2. The number of carboxylic acid groups (broad SMARTS) is 1. The lowest BCUT2D eigenvalue weighted by atomic mass is 10.2. The van der Waals surface area contributed by atoms with Crippen molar-refractivity contribution >= 4 is 13.8 Å². The number of likely N-dealkylation sites (N-methyl/N-ethyl adjacent to an activating group) is 1. The number of nitrogens with zero attached hydrogens (tertiary/aromatic N) is 1. The van der Waals surface area contributed by atoms with E-state index < -0.39 is 26.3 Å². The van der Waals surface area contributed by atoms with E-state index >= 15 is 0 Å². The Bertz CT molecular complexity index is 267. The average molecular weight is 242 g/mol. The Balaban J connectivity index is 4.45. The second-order valence-corrected chi connectivity index (χ2v) is 5.48. The van der Waals surface area contributed by atoms with Crippen LogP contribution in [0.5, 0.6) is 0 Å². The molecule has 15 heavy (non-hydrogen) atoms. The average Bonchev–Trinajstić information content (AvgIpc) is 1.73. The van der Waals surface area contributed by atoms with Crippen LogP contribution < -0.4 is 0 Å². The van der Waals surface area contributed by atoms with Gasteiger partial charge in [0.25, 0.3) is 0 Å². The summed E-state index contributed by atoms with van der Waals surface area (Å²) in [5.74, 6) is -1.15. The standard InChI is InChI=1S/C7H16NO6P/c1-8(2,3)5-6(4-7(9)10)14-15(11,12)13/h6H,4-5H2,1-3H3,(H2-,9,10,11,12,13)/p+1/t6-/m0/s1. The van der Waals surface area contributed by atoms with Gasteiger partial charge in [0.2, 0.25) is 0 Å². The van der Waals surface area contributed by atoms with Crippen molar-refractivity contribution < 1.29 is 33.3 Å². The molecule has 0 bridgehead atoms. The van der Waals surface area contributed by atoms with E-state index in [4.69, 9.17) is 14.9 Å². The number of hydrogen-bond donors (Lipinski definition) is 3. The van der Waals surface area contributed by atoms with Crippen molar-refractivity contribution in [2.75, 3.05) is 27.7 Å². The molecule has 0 aromatic rings. The van der Waals surface area contributed by atoms with E-state index in [-0.39, 0.29) is 6.54 Å². The van der Waals surface area contributed by atoms with Gasteiger partial charge in [0.1, 0.15) is 12.6 Å². The first-order chi connectivity index (χ1) is 6.49. The molecule has 0 aliphatic rings. The molecule has 0 saturated heterocycles. The highest BCUT2D eigenvalue weighted by Gasteiger charge is 2.28. The molecule has 0 heterocycles. The molecule has 0 radical (unpaired) electrons. The Labute approximate surface area is 88.1 Å². The number of carboxylic acids is 1. The minimum atomic E-state index is -4.64. The van der Waals surface area contributed by atoms with Gasteiger partial charge in [-0.1, -0.05) is 0 Å². The molecule has 90 valence electrons.